The summed E-state index contributed by atoms with van der Waals surface area (Å²) in [6, 6.07) is 5.72. The van der Waals surface area contributed by atoms with Crippen LogP contribution in [-0.2, 0) is 6.54 Å². The van der Waals surface area contributed by atoms with Crippen molar-refractivity contribution in [2.24, 2.45) is 5.73 Å². The van der Waals surface area contributed by atoms with E-state index in [1.165, 1.54) is 16.9 Å². The van der Waals surface area contributed by atoms with E-state index < -0.39 is 0 Å². The van der Waals surface area contributed by atoms with Crippen molar-refractivity contribution in [1.82, 2.24) is 4.90 Å². The molecule has 0 fully saturated rings. The van der Waals surface area contributed by atoms with Gasteiger partial charge in [-0.05, 0) is 60.4 Å². The minimum Gasteiger partial charge on any atom is -0.326 e. The van der Waals surface area contributed by atoms with Gasteiger partial charge in [0.25, 0.3) is 5.91 Å². The van der Waals surface area contributed by atoms with Gasteiger partial charge in [0.15, 0.2) is 0 Å². The Bertz CT molecular complexity index is 688. The number of thioether (sulfide) groups is 1. The van der Waals surface area contributed by atoms with Gasteiger partial charge in [0, 0.05) is 29.4 Å². The minimum absolute atomic E-state index is 0.000631. The van der Waals surface area contributed by atoms with Gasteiger partial charge in [-0.2, -0.15) is 0 Å². The first-order valence-electron chi connectivity index (χ1n) is 7.54. The Hall–Kier alpha value is -1.78. The normalized spacial score (nSPS) is 17.5. The van der Waals surface area contributed by atoms with E-state index in [0.717, 1.165) is 23.3 Å². The van der Waals surface area contributed by atoms with Crippen molar-refractivity contribution in [3.8, 4) is 0 Å². The summed E-state index contributed by atoms with van der Waals surface area (Å²) in [5, 5.41) is 0. The average Bonchev–Trinajstić information content (AvgIpc) is 2.78. The molecule has 0 bridgehead atoms. The van der Waals surface area contributed by atoms with E-state index in [2.05, 4.69) is 6.08 Å². The summed E-state index contributed by atoms with van der Waals surface area (Å²) < 4.78 is 0. The molecule has 1 aromatic rings. The number of nitrogens with two attached hydrogens (primary N) is 1. The molecular formula is C18H20N2OS. The van der Waals surface area contributed by atoms with Crippen LogP contribution in [0.25, 0.3) is 0 Å². The molecule has 4 heteroatoms. The zero-order chi connectivity index (χ0) is 15.5. The molecule has 22 heavy (non-hydrogen) atoms. The number of carbonyl (C=O) groups excluding carboxylic acids is 1. The van der Waals surface area contributed by atoms with E-state index in [9.17, 15) is 4.79 Å². The maximum atomic E-state index is 12.7. The van der Waals surface area contributed by atoms with Crippen LogP contribution < -0.4 is 5.73 Å². The van der Waals surface area contributed by atoms with Crippen molar-refractivity contribution >= 4 is 17.7 Å². The van der Waals surface area contributed by atoms with Gasteiger partial charge in [-0.25, -0.2) is 0 Å². The largest absolute Gasteiger partial charge is 0.326 e. The Labute approximate surface area is 135 Å². The fraction of sp³-hybridized carbons (Fsp3) is 0.278. The SMILES string of the molecule is Cc1cc(C(=O)N2C=CC3=CCCCSC3=C2)ccc1CN. The first-order chi connectivity index (χ1) is 10.7. The summed E-state index contributed by atoms with van der Waals surface area (Å²) in [6.45, 7) is 2.49. The molecule has 0 saturated carbocycles. The Morgan fingerprint density at radius 1 is 1.41 bits per heavy atom. The molecular weight excluding hydrogens is 292 g/mol. The third-order valence-corrected chi connectivity index (χ3v) is 5.11. The van der Waals surface area contributed by atoms with Crippen LogP contribution in [0, 0.1) is 6.92 Å². The maximum Gasteiger partial charge on any atom is 0.261 e. The first kappa shape index (κ1) is 15.1. The number of fused-ring (bicyclic) bond motifs is 1. The maximum absolute atomic E-state index is 12.7. The van der Waals surface area contributed by atoms with E-state index in [4.69, 9.17) is 5.73 Å². The standard InChI is InChI=1S/C18H20N2OS/c1-13-10-15(5-6-16(13)11-19)18(21)20-8-7-14-4-2-3-9-22-17(14)12-20/h4-8,10,12H,2-3,9,11,19H2,1H3. The number of hydrogen-bond donors (Lipinski definition) is 1. The molecule has 2 heterocycles. The van der Waals surface area contributed by atoms with Crippen LogP contribution in [0.3, 0.4) is 0 Å². The summed E-state index contributed by atoms with van der Waals surface area (Å²) in [5.74, 6) is 1.10. The van der Waals surface area contributed by atoms with Crippen molar-refractivity contribution in [3.05, 3.63) is 69.9 Å². The number of rotatable bonds is 2. The Balaban J connectivity index is 1.85. The van der Waals surface area contributed by atoms with Gasteiger partial charge in [0.05, 0.1) is 0 Å². The lowest BCUT2D eigenvalue weighted by Crippen LogP contribution is -2.22. The van der Waals surface area contributed by atoms with Crippen LogP contribution in [0.1, 0.15) is 34.3 Å². The predicted molar refractivity (Wildman–Crippen MR) is 92.2 cm³/mol. The topological polar surface area (TPSA) is 46.3 Å². The quantitative estimate of drug-likeness (QED) is 0.905. The highest BCUT2D eigenvalue weighted by Gasteiger charge is 2.19. The van der Waals surface area contributed by atoms with Gasteiger partial charge in [-0.15, -0.1) is 11.8 Å². The summed E-state index contributed by atoms with van der Waals surface area (Å²) in [4.78, 5) is 15.5. The summed E-state index contributed by atoms with van der Waals surface area (Å²) >= 11 is 1.82. The van der Waals surface area contributed by atoms with E-state index >= 15 is 0 Å². The summed E-state index contributed by atoms with van der Waals surface area (Å²) in [7, 11) is 0. The Morgan fingerprint density at radius 3 is 3.05 bits per heavy atom. The summed E-state index contributed by atoms with van der Waals surface area (Å²) in [5.41, 5.74) is 9.76. The molecule has 0 atom stereocenters. The van der Waals surface area contributed by atoms with Crippen LogP contribution in [0.5, 0.6) is 0 Å². The highest BCUT2D eigenvalue weighted by Crippen LogP contribution is 2.33. The minimum atomic E-state index is -0.000631. The van der Waals surface area contributed by atoms with Gasteiger partial charge < -0.3 is 5.73 Å². The third-order valence-electron chi connectivity index (χ3n) is 3.97. The van der Waals surface area contributed by atoms with Crippen molar-refractivity contribution in [2.75, 3.05) is 5.75 Å². The number of allylic oxidation sites excluding steroid dienone is 3. The zero-order valence-corrected chi connectivity index (χ0v) is 13.5. The molecule has 114 valence electrons. The molecule has 2 aliphatic rings. The van der Waals surface area contributed by atoms with Crippen molar-refractivity contribution in [1.29, 1.82) is 0 Å². The predicted octanol–water partition coefficient (Wildman–Crippen LogP) is 3.72. The van der Waals surface area contributed by atoms with E-state index in [-0.39, 0.29) is 5.91 Å². The Kier molecular flexibility index (Phi) is 4.50. The molecule has 0 aromatic heterocycles. The average molecular weight is 312 g/mol. The highest BCUT2D eigenvalue weighted by molar-refractivity contribution is 8.03. The number of nitrogens with zero attached hydrogens (tertiary/aromatic N) is 1. The van der Waals surface area contributed by atoms with Gasteiger partial charge in [0.2, 0.25) is 0 Å². The van der Waals surface area contributed by atoms with E-state index in [1.54, 1.807) is 4.90 Å². The monoisotopic (exact) mass is 312 g/mol. The molecule has 2 N–H and O–H groups in total. The van der Waals surface area contributed by atoms with E-state index in [1.807, 2.05) is 55.4 Å². The van der Waals surface area contributed by atoms with Gasteiger partial charge in [-0.3, -0.25) is 9.69 Å². The van der Waals surface area contributed by atoms with E-state index in [0.29, 0.717) is 12.1 Å². The molecule has 1 amide bonds. The van der Waals surface area contributed by atoms with Crippen LogP contribution in [0.4, 0.5) is 0 Å². The number of benzene rings is 1. The van der Waals surface area contributed by atoms with Gasteiger partial charge >= 0.3 is 0 Å². The molecule has 0 spiro atoms. The fourth-order valence-electron chi connectivity index (χ4n) is 2.63. The molecule has 2 aliphatic heterocycles. The second-order valence-electron chi connectivity index (χ2n) is 5.52. The molecule has 3 rings (SSSR count). The van der Waals surface area contributed by atoms with Gasteiger partial charge in [0.1, 0.15) is 0 Å². The zero-order valence-electron chi connectivity index (χ0n) is 12.7. The van der Waals surface area contributed by atoms with Crippen LogP contribution in [-0.4, -0.2) is 16.6 Å². The second-order valence-corrected chi connectivity index (χ2v) is 6.65. The number of amides is 1. The van der Waals surface area contributed by atoms with Crippen molar-refractivity contribution < 1.29 is 4.79 Å². The molecule has 0 aliphatic carbocycles. The van der Waals surface area contributed by atoms with Crippen molar-refractivity contribution in [2.45, 2.75) is 26.3 Å². The first-order valence-corrected chi connectivity index (χ1v) is 8.53. The Morgan fingerprint density at radius 2 is 2.27 bits per heavy atom. The second kappa shape index (κ2) is 6.55. The lowest BCUT2D eigenvalue weighted by atomic mass is 10.0. The van der Waals surface area contributed by atoms with Crippen molar-refractivity contribution in [3.63, 3.8) is 0 Å². The number of aryl methyl sites for hydroxylation is 1. The molecule has 0 saturated heterocycles. The van der Waals surface area contributed by atoms with Crippen LogP contribution >= 0.6 is 11.8 Å². The molecule has 3 nitrogen and oxygen atoms in total. The summed E-state index contributed by atoms with van der Waals surface area (Å²) in [6.07, 6.45) is 10.4. The lowest BCUT2D eigenvalue weighted by molar-refractivity contribution is 0.0868. The van der Waals surface area contributed by atoms with Gasteiger partial charge in [-0.1, -0.05) is 12.1 Å². The number of hydrogen-bond acceptors (Lipinski definition) is 3. The van der Waals surface area contributed by atoms with Crippen LogP contribution in [0.2, 0.25) is 0 Å². The fourth-order valence-corrected chi connectivity index (χ4v) is 3.67. The third kappa shape index (κ3) is 3.03. The van der Waals surface area contributed by atoms with Crippen LogP contribution in [0.15, 0.2) is 53.2 Å². The number of carbonyl (C=O) groups is 1. The lowest BCUT2D eigenvalue weighted by Gasteiger charge is -2.21. The smallest absolute Gasteiger partial charge is 0.261 e. The molecule has 1 aromatic carbocycles. The molecule has 0 radical (unpaired) electrons. The molecule has 0 unspecified atom stereocenters. The highest BCUT2D eigenvalue weighted by atomic mass is 32.2.